The molecule has 0 spiro atoms. The van der Waals surface area contributed by atoms with Gasteiger partial charge in [0.05, 0.1) is 6.42 Å². The van der Waals surface area contributed by atoms with Crippen molar-refractivity contribution < 1.29 is 27.9 Å². The molecule has 1 heterocycles. The molecule has 0 bridgehead atoms. The first kappa shape index (κ1) is 14.9. The van der Waals surface area contributed by atoms with Crippen molar-refractivity contribution in [1.82, 2.24) is 10.2 Å². The van der Waals surface area contributed by atoms with E-state index in [1.165, 1.54) is 4.90 Å². The van der Waals surface area contributed by atoms with Gasteiger partial charge in [-0.05, 0) is 32.1 Å². The molecule has 1 atom stereocenters. The number of carboxylic acids is 1. The van der Waals surface area contributed by atoms with E-state index >= 15 is 0 Å². The Morgan fingerprint density at radius 3 is 2.45 bits per heavy atom. The maximum Gasteiger partial charge on any atom is 0.411 e. The van der Waals surface area contributed by atoms with E-state index in [0.29, 0.717) is 19.4 Å². The van der Waals surface area contributed by atoms with Gasteiger partial charge in [0.1, 0.15) is 5.54 Å². The molecule has 8 heteroatoms. The molecule has 0 aromatic heterocycles. The van der Waals surface area contributed by atoms with Crippen LogP contribution in [0.2, 0.25) is 0 Å². The largest absolute Gasteiger partial charge is 0.481 e. The zero-order chi connectivity index (χ0) is 15.0. The molecule has 2 fully saturated rings. The number of carbonyl (C=O) groups is 2. The van der Waals surface area contributed by atoms with Gasteiger partial charge in [-0.2, -0.15) is 13.2 Å². The second-order valence-electron chi connectivity index (χ2n) is 5.45. The van der Waals surface area contributed by atoms with Crippen molar-refractivity contribution in [3.63, 3.8) is 0 Å². The summed E-state index contributed by atoms with van der Waals surface area (Å²) in [6.07, 6.45) is -2.93. The molecule has 1 unspecified atom stereocenters. The minimum absolute atomic E-state index is 0.111. The average Bonchev–Trinajstić information content (AvgIpc) is 3.09. The molecule has 0 aromatic carbocycles. The van der Waals surface area contributed by atoms with Crippen LogP contribution in [0.4, 0.5) is 18.0 Å². The summed E-state index contributed by atoms with van der Waals surface area (Å²) in [6, 6.07) is -1.32. The Labute approximate surface area is 114 Å². The quantitative estimate of drug-likeness (QED) is 0.837. The number of carboxylic acid groups (broad SMARTS) is 1. The standard InChI is InChI=1S/C12H17F3N2O3/c13-12(14,15)11(4-5-11)16-10(20)17-6-2-1-3-8(17)7-9(18)19/h8H,1-7H2,(H,16,20)(H,18,19). The molecule has 0 aromatic rings. The van der Waals surface area contributed by atoms with Gasteiger partial charge in [0.25, 0.3) is 0 Å². The maximum absolute atomic E-state index is 12.8. The summed E-state index contributed by atoms with van der Waals surface area (Å²) in [5.74, 6) is -1.05. The van der Waals surface area contributed by atoms with E-state index < -0.39 is 29.8 Å². The summed E-state index contributed by atoms with van der Waals surface area (Å²) >= 11 is 0. The number of hydrogen-bond acceptors (Lipinski definition) is 2. The van der Waals surface area contributed by atoms with Crippen molar-refractivity contribution in [2.24, 2.45) is 0 Å². The summed E-state index contributed by atoms with van der Waals surface area (Å²) < 4.78 is 38.4. The Morgan fingerprint density at radius 2 is 1.95 bits per heavy atom. The van der Waals surface area contributed by atoms with Crippen LogP contribution in [0.15, 0.2) is 0 Å². The van der Waals surface area contributed by atoms with Crippen LogP contribution < -0.4 is 5.32 Å². The number of nitrogens with zero attached hydrogens (tertiary/aromatic N) is 1. The second-order valence-corrected chi connectivity index (χ2v) is 5.45. The molecule has 1 saturated carbocycles. The lowest BCUT2D eigenvalue weighted by Gasteiger charge is -2.36. The predicted molar refractivity (Wildman–Crippen MR) is 63.1 cm³/mol. The van der Waals surface area contributed by atoms with Crippen molar-refractivity contribution in [3.8, 4) is 0 Å². The van der Waals surface area contributed by atoms with Crippen molar-refractivity contribution in [1.29, 1.82) is 0 Å². The van der Waals surface area contributed by atoms with Crippen LogP contribution in [-0.4, -0.2) is 46.3 Å². The Balaban J connectivity index is 2.01. The van der Waals surface area contributed by atoms with E-state index in [9.17, 15) is 22.8 Å². The third kappa shape index (κ3) is 2.99. The fraction of sp³-hybridized carbons (Fsp3) is 0.833. The number of carbonyl (C=O) groups excluding carboxylic acids is 1. The van der Waals surface area contributed by atoms with Crippen molar-refractivity contribution in [3.05, 3.63) is 0 Å². The van der Waals surface area contributed by atoms with Crippen molar-refractivity contribution in [2.75, 3.05) is 6.54 Å². The first-order valence-electron chi connectivity index (χ1n) is 6.62. The molecule has 1 aliphatic heterocycles. The van der Waals surface area contributed by atoms with Crippen molar-refractivity contribution >= 4 is 12.0 Å². The lowest BCUT2D eigenvalue weighted by molar-refractivity contribution is -0.163. The van der Waals surface area contributed by atoms with Gasteiger partial charge in [-0.25, -0.2) is 4.79 Å². The number of halogens is 3. The van der Waals surface area contributed by atoms with Gasteiger partial charge in [-0.3, -0.25) is 4.79 Å². The molecule has 5 nitrogen and oxygen atoms in total. The number of piperidine rings is 1. The number of alkyl halides is 3. The van der Waals surface area contributed by atoms with E-state index in [1.807, 2.05) is 5.32 Å². The molecule has 2 aliphatic rings. The molecule has 2 rings (SSSR count). The van der Waals surface area contributed by atoms with Gasteiger partial charge in [0, 0.05) is 12.6 Å². The van der Waals surface area contributed by atoms with Gasteiger partial charge in [0.15, 0.2) is 0 Å². The van der Waals surface area contributed by atoms with Crippen LogP contribution in [0.1, 0.15) is 38.5 Å². The monoisotopic (exact) mass is 294 g/mol. The number of amides is 2. The lowest BCUT2D eigenvalue weighted by atomic mass is 10.00. The number of likely N-dealkylation sites (tertiary alicyclic amines) is 1. The van der Waals surface area contributed by atoms with Crippen LogP contribution in [0.3, 0.4) is 0 Å². The predicted octanol–water partition coefficient (Wildman–Crippen LogP) is 2.12. The molecule has 114 valence electrons. The van der Waals surface area contributed by atoms with E-state index in [1.54, 1.807) is 0 Å². The summed E-state index contributed by atoms with van der Waals surface area (Å²) in [6.45, 7) is 0.303. The number of nitrogens with one attached hydrogen (secondary N) is 1. The van der Waals surface area contributed by atoms with Crippen LogP contribution in [0.5, 0.6) is 0 Å². The molecule has 2 N–H and O–H groups in total. The summed E-state index contributed by atoms with van der Waals surface area (Å²) in [7, 11) is 0. The second kappa shape index (κ2) is 5.14. The van der Waals surface area contributed by atoms with E-state index in [2.05, 4.69) is 0 Å². The minimum Gasteiger partial charge on any atom is -0.481 e. The fourth-order valence-electron chi connectivity index (χ4n) is 2.56. The molecular weight excluding hydrogens is 277 g/mol. The van der Waals surface area contributed by atoms with Gasteiger partial charge in [-0.1, -0.05) is 0 Å². The minimum atomic E-state index is -4.46. The Kier molecular flexibility index (Phi) is 3.84. The smallest absolute Gasteiger partial charge is 0.411 e. The molecule has 0 radical (unpaired) electrons. The molecule has 1 saturated heterocycles. The normalized spacial score (nSPS) is 25.1. The third-order valence-electron chi connectivity index (χ3n) is 3.94. The Hall–Kier alpha value is -1.47. The Morgan fingerprint density at radius 1 is 1.30 bits per heavy atom. The zero-order valence-corrected chi connectivity index (χ0v) is 10.9. The van der Waals surface area contributed by atoms with E-state index in [0.717, 1.165) is 6.42 Å². The topological polar surface area (TPSA) is 69.6 Å². The highest BCUT2D eigenvalue weighted by molar-refractivity contribution is 5.77. The van der Waals surface area contributed by atoms with Crippen LogP contribution in [-0.2, 0) is 4.79 Å². The highest BCUT2D eigenvalue weighted by atomic mass is 19.4. The van der Waals surface area contributed by atoms with Crippen LogP contribution in [0, 0.1) is 0 Å². The van der Waals surface area contributed by atoms with Crippen LogP contribution >= 0.6 is 0 Å². The van der Waals surface area contributed by atoms with Crippen molar-refractivity contribution in [2.45, 2.75) is 56.3 Å². The van der Waals surface area contributed by atoms with Gasteiger partial charge >= 0.3 is 18.2 Å². The average molecular weight is 294 g/mol. The molecule has 20 heavy (non-hydrogen) atoms. The molecular formula is C12H17F3N2O3. The highest BCUT2D eigenvalue weighted by Gasteiger charge is 2.64. The summed E-state index contributed by atoms with van der Waals surface area (Å²) in [5.41, 5.74) is -2.10. The van der Waals surface area contributed by atoms with E-state index in [-0.39, 0.29) is 19.3 Å². The number of hydrogen-bond donors (Lipinski definition) is 2. The van der Waals surface area contributed by atoms with Gasteiger partial charge in [-0.15, -0.1) is 0 Å². The Bertz CT molecular complexity index is 407. The highest BCUT2D eigenvalue weighted by Crippen LogP contribution is 2.49. The molecule has 1 aliphatic carbocycles. The number of rotatable bonds is 3. The van der Waals surface area contributed by atoms with Gasteiger partial charge < -0.3 is 15.3 Å². The fourth-order valence-corrected chi connectivity index (χ4v) is 2.56. The van der Waals surface area contributed by atoms with Gasteiger partial charge in [0.2, 0.25) is 0 Å². The maximum atomic E-state index is 12.8. The first-order chi connectivity index (χ1) is 9.25. The number of aliphatic carboxylic acids is 1. The summed E-state index contributed by atoms with van der Waals surface area (Å²) in [5, 5.41) is 10.9. The van der Waals surface area contributed by atoms with Crippen LogP contribution in [0.25, 0.3) is 0 Å². The van der Waals surface area contributed by atoms with E-state index in [4.69, 9.17) is 5.11 Å². The lowest BCUT2D eigenvalue weighted by Crippen LogP contribution is -2.56. The first-order valence-corrected chi connectivity index (χ1v) is 6.62. The summed E-state index contributed by atoms with van der Waals surface area (Å²) in [4.78, 5) is 24.0. The molecule has 2 amide bonds. The third-order valence-corrected chi connectivity index (χ3v) is 3.94. The SMILES string of the molecule is O=C(O)CC1CCCCN1C(=O)NC1(C(F)(F)F)CC1. The number of urea groups is 1. The zero-order valence-electron chi connectivity index (χ0n) is 10.9.